The van der Waals surface area contributed by atoms with E-state index in [9.17, 15) is 9.18 Å². The fraction of sp³-hybridized carbons (Fsp3) is 0. The van der Waals surface area contributed by atoms with E-state index < -0.39 is 11.4 Å². The molecule has 0 amide bonds. The molecule has 0 fully saturated rings. The number of aromatic nitrogens is 2. The first kappa shape index (κ1) is 11.5. The van der Waals surface area contributed by atoms with E-state index in [1.54, 1.807) is 24.4 Å². The van der Waals surface area contributed by atoms with Gasteiger partial charge in [-0.2, -0.15) is 0 Å². The maximum Gasteiger partial charge on any atom is 0.362 e. The molecular weight excluding hydrogens is 287 g/mol. The zero-order chi connectivity index (χ0) is 14.8. The Bertz CT molecular complexity index is 1270. The second-order valence-electron chi connectivity index (χ2n) is 5.06. The molecule has 0 radical (unpaired) electrons. The van der Waals surface area contributed by atoms with Crippen LogP contribution in [0.4, 0.5) is 4.39 Å². The van der Waals surface area contributed by atoms with Gasteiger partial charge in [0, 0.05) is 18.4 Å². The van der Waals surface area contributed by atoms with Crippen LogP contribution in [0.2, 0.25) is 0 Å². The Labute approximate surface area is 122 Å². The van der Waals surface area contributed by atoms with Crippen molar-refractivity contribution < 1.29 is 14.7 Å². The molecule has 0 saturated carbocycles. The van der Waals surface area contributed by atoms with Gasteiger partial charge < -0.3 is 13.8 Å². The number of benzene rings is 1. The van der Waals surface area contributed by atoms with Crippen LogP contribution in [0.5, 0.6) is 0 Å². The monoisotopic (exact) mass is 296 g/mol. The highest BCUT2D eigenvalue weighted by Crippen LogP contribution is 2.36. The predicted octanol–water partition coefficient (Wildman–Crippen LogP) is 3.95. The fourth-order valence-corrected chi connectivity index (χ4v) is 2.98. The van der Waals surface area contributed by atoms with Crippen molar-refractivity contribution >= 4 is 43.9 Å². The Morgan fingerprint density at radius 3 is 3.05 bits per heavy atom. The molecule has 0 bridgehead atoms. The second kappa shape index (κ2) is 3.73. The molecule has 0 saturated heterocycles. The molecule has 1 N–H and O–H groups in total. The van der Waals surface area contributed by atoms with Crippen LogP contribution in [-0.4, -0.2) is 9.97 Å². The maximum atomic E-state index is 14.1. The normalized spacial score (nSPS) is 12.0. The summed E-state index contributed by atoms with van der Waals surface area (Å²) < 4.78 is 24.8. The van der Waals surface area contributed by atoms with Gasteiger partial charge in [0.15, 0.2) is 0 Å². The van der Waals surface area contributed by atoms with Crippen LogP contribution >= 0.6 is 0 Å². The van der Waals surface area contributed by atoms with Gasteiger partial charge in [-0.25, -0.2) is 14.2 Å². The molecule has 108 valence electrons. The van der Waals surface area contributed by atoms with Crippen LogP contribution in [0.15, 0.2) is 50.4 Å². The highest BCUT2D eigenvalue weighted by molar-refractivity contribution is 6.25. The van der Waals surface area contributed by atoms with Gasteiger partial charge in [0.1, 0.15) is 16.9 Å². The first-order valence-electron chi connectivity index (χ1n) is 6.63. The van der Waals surface area contributed by atoms with Gasteiger partial charge in [0.25, 0.3) is 0 Å². The summed E-state index contributed by atoms with van der Waals surface area (Å²) in [5, 5.41) is 2.34. The third-order valence-electron chi connectivity index (χ3n) is 3.88. The summed E-state index contributed by atoms with van der Waals surface area (Å²) >= 11 is 0. The number of hydrogen-bond donors (Lipinski definition) is 1. The molecule has 5 aromatic rings. The standard InChI is InChI=1S/C16H7FN2O3.H2/c17-9-6-10-12(14-7(9)3-5-21-14)11-8-2-1-4-18-15(8)22-16(20)13(11)19-10;/h1-6,19H;1H. The SMILES string of the molecule is O=c1oc2ncccc2c2c1[nH]c1cc(F)c3ccoc3c12.[HH]. The number of furan rings is 1. The lowest BCUT2D eigenvalue weighted by atomic mass is 10.1. The summed E-state index contributed by atoms with van der Waals surface area (Å²) in [5.74, 6) is -0.408. The number of H-pyrrole nitrogens is 1. The number of pyridine rings is 1. The minimum absolute atomic E-state index is 0. The van der Waals surface area contributed by atoms with Gasteiger partial charge in [-0.15, -0.1) is 0 Å². The van der Waals surface area contributed by atoms with Crippen molar-refractivity contribution in [2.45, 2.75) is 0 Å². The van der Waals surface area contributed by atoms with Crippen LogP contribution in [-0.2, 0) is 0 Å². The summed E-state index contributed by atoms with van der Waals surface area (Å²) in [6.45, 7) is 0. The van der Waals surface area contributed by atoms with Gasteiger partial charge >= 0.3 is 5.63 Å². The maximum absolute atomic E-state index is 14.1. The molecule has 0 aliphatic rings. The molecule has 6 heteroatoms. The molecule has 5 rings (SSSR count). The molecule has 5 nitrogen and oxygen atoms in total. The lowest BCUT2D eigenvalue weighted by Crippen LogP contribution is -1.99. The zero-order valence-electron chi connectivity index (χ0n) is 11.0. The van der Waals surface area contributed by atoms with Crippen LogP contribution in [0.1, 0.15) is 1.43 Å². The van der Waals surface area contributed by atoms with E-state index in [2.05, 4.69) is 9.97 Å². The molecule has 0 spiro atoms. The summed E-state index contributed by atoms with van der Waals surface area (Å²) in [5.41, 5.74) is 0.858. The highest BCUT2D eigenvalue weighted by Gasteiger charge is 2.19. The summed E-state index contributed by atoms with van der Waals surface area (Å²) in [6, 6.07) is 6.48. The quantitative estimate of drug-likeness (QED) is 0.469. The smallest absolute Gasteiger partial charge is 0.362 e. The van der Waals surface area contributed by atoms with Gasteiger partial charge in [0.2, 0.25) is 5.71 Å². The Kier molecular flexibility index (Phi) is 1.95. The van der Waals surface area contributed by atoms with Crippen LogP contribution < -0.4 is 5.63 Å². The van der Waals surface area contributed by atoms with Gasteiger partial charge in [-0.1, -0.05) is 0 Å². The van der Waals surface area contributed by atoms with E-state index in [0.29, 0.717) is 32.6 Å². The first-order valence-corrected chi connectivity index (χ1v) is 6.63. The van der Waals surface area contributed by atoms with Crippen molar-refractivity contribution in [3.05, 3.63) is 53.0 Å². The average Bonchev–Trinajstić information content (AvgIpc) is 3.11. The lowest BCUT2D eigenvalue weighted by Gasteiger charge is -1.98. The van der Waals surface area contributed by atoms with Crippen LogP contribution in [0.25, 0.3) is 43.9 Å². The van der Waals surface area contributed by atoms with Crippen molar-refractivity contribution in [1.82, 2.24) is 9.97 Å². The topological polar surface area (TPSA) is 72.0 Å². The number of nitrogens with one attached hydrogen (secondary N) is 1. The van der Waals surface area contributed by atoms with Crippen molar-refractivity contribution in [3.8, 4) is 0 Å². The van der Waals surface area contributed by atoms with Gasteiger partial charge in [-0.05, 0) is 24.3 Å². The Hall–Kier alpha value is -3.15. The fourth-order valence-electron chi connectivity index (χ4n) is 2.98. The van der Waals surface area contributed by atoms with Crippen molar-refractivity contribution in [2.75, 3.05) is 0 Å². The highest BCUT2D eigenvalue weighted by atomic mass is 19.1. The summed E-state index contributed by atoms with van der Waals surface area (Å²) in [6.07, 6.45) is 2.98. The number of fused-ring (bicyclic) bond motifs is 7. The number of nitrogens with zero attached hydrogens (tertiary/aromatic N) is 1. The predicted molar refractivity (Wildman–Crippen MR) is 81.5 cm³/mol. The van der Waals surface area contributed by atoms with E-state index in [4.69, 9.17) is 8.83 Å². The molecule has 0 unspecified atom stereocenters. The zero-order valence-corrected chi connectivity index (χ0v) is 11.0. The molecular formula is C16H9FN2O3. The van der Waals surface area contributed by atoms with E-state index in [0.717, 1.165) is 0 Å². The minimum atomic E-state index is -0.544. The molecule has 4 aromatic heterocycles. The van der Waals surface area contributed by atoms with Crippen molar-refractivity contribution in [2.24, 2.45) is 0 Å². The Morgan fingerprint density at radius 1 is 1.23 bits per heavy atom. The van der Waals surface area contributed by atoms with E-state index in [-0.39, 0.29) is 12.7 Å². The number of rotatable bonds is 0. The largest absolute Gasteiger partial charge is 0.463 e. The van der Waals surface area contributed by atoms with Gasteiger partial charge in [0.05, 0.1) is 22.6 Å². The average molecular weight is 296 g/mol. The van der Waals surface area contributed by atoms with Gasteiger partial charge in [-0.3, -0.25) is 0 Å². The summed E-state index contributed by atoms with van der Waals surface area (Å²) in [4.78, 5) is 19.2. The molecule has 1 aromatic carbocycles. The van der Waals surface area contributed by atoms with Crippen molar-refractivity contribution in [1.29, 1.82) is 0 Å². The number of aromatic amines is 1. The Morgan fingerprint density at radius 2 is 2.14 bits per heavy atom. The van der Waals surface area contributed by atoms with Crippen molar-refractivity contribution in [3.63, 3.8) is 0 Å². The number of hydrogen-bond acceptors (Lipinski definition) is 4. The second-order valence-corrected chi connectivity index (χ2v) is 5.06. The minimum Gasteiger partial charge on any atom is -0.463 e. The molecule has 4 heterocycles. The lowest BCUT2D eigenvalue weighted by molar-refractivity contribution is 0.557. The summed E-state index contributed by atoms with van der Waals surface area (Å²) in [7, 11) is 0. The first-order chi connectivity index (χ1) is 10.7. The molecule has 0 aliphatic carbocycles. The van der Waals surface area contributed by atoms with Crippen LogP contribution in [0.3, 0.4) is 0 Å². The molecule has 0 atom stereocenters. The van der Waals surface area contributed by atoms with E-state index >= 15 is 0 Å². The van der Waals surface area contributed by atoms with Crippen LogP contribution in [0, 0.1) is 5.82 Å². The van der Waals surface area contributed by atoms with E-state index in [1.807, 2.05) is 0 Å². The Balaban J connectivity index is 0.00000135. The third-order valence-corrected chi connectivity index (χ3v) is 3.88. The third kappa shape index (κ3) is 1.26. The number of halogens is 1. The molecule has 22 heavy (non-hydrogen) atoms. The van der Waals surface area contributed by atoms with E-state index in [1.165, 1.54) is 12.3 Å². The molecule has 0 aliphatic heterocycles.